The number of carbonyl (C=O) groups excluding carboxylic acids is 2. The number of carboxylic acids is 2. The van der Waals surface area contributed by atoms with E-state index in [9.17, 15) is 19.8 Å². The minimum absolute atomic E-state index is 0.0975. The second-order valence-corrected chi connectivity index (χ2v) is 3.64. The summed E-state index contributed by atoms with van der Waals surface area (Å²) in [5.74, 6) is -3.20. The summed E-state index contributed by atoms with van der Waals surface area (Å²) in [7, 11) is 1.52. The van der Waals surface area contributed by atoms with Crippen LogP contribution in [0.5, 0.6) is 5.75 Å². The maximum atomic E-state index is 10.7. The summed E-state index contributed by atoms with van der Waals surface area (Å²) in [6, 6.07) is 6.73. The Morgan fingerprint density at radius 2 is 1.82 bits per heavy atom. The van der Waals surface area contributed by atoms with Gasteiger partial charge in [0.1, 0.15) is 5.75 Å². The van der Waals surface area contributed by atoms with Gasteiger partial charge in [0.05, 0.1) is 7.11 Å². The summed E-state index contributed by atoms with van der Waals surface area (Å²) in [5, 5.41) is 21.1. The van der Waals surface area contributed by atoms with Gasteiger partial charge in [-0.15, -0.1) is 0 Å². The molecule has 0 heterocycles. The highest BCUT2D eigenvalue weighted by molar-refractivity contribution is 5.75. The molecule has 0 saturated carbocycles. The highest BCUT2D eigenvalue weighted by atomic mass is 16.5. The summed E-state index contributed by atoms with van der Waals surface area (Å²) in [5.41, 5.74) is 0.709. The van der Waals surface area contributed by atoms with Gasteiger partial charge in [-0.05, 0) is 30.5 Å². The van der Waals surface area contributed by atoms with Crippen molar-refractivity contribution in [1.29, 1.82) is 0 Å². The first kappa shape index (κ1) is 13.0. The van der Waals surface area contributed by atoms with Crippen LogP contribution in [0.3, 0.4) is 0 Å². The van der Waals surface area contributed by atoms with Gasteiger partial charge in [0.2, 0.25) is 0 Å². The lowest BCUT2D eigenvalue weighted by molar-refractivity contribution is -0.320. The van der Waals surface area contributed by atoms with Crippen LogP contribution >= 0.6 is 0 Å². The third kappa shape index (κ3) is 4.14. The molecule has 0 aromatic heterocycles. The van der Waals surface area contributed by atoms with Crippen molar-refractivity contribution in [1.82, 2.24) is 0 Å². The zero-order valence-electron chi connectivity index (χ0n) is 9.34. The van der Waals surface area contributed by atoms with E-state index < -0.39 is 24.3 Å². The van der Waals surface area contributed by atoms with E-state index in [1.54, 1.807) is 24.3 Å². The Morgan fingerprint density at radius 1 is 1.24 bits per heavy atom. The Morgan fingerprint density at radius 3 is 2.24 bits per heavy atom. The minimum atomic E-state index is -1.40. The molecule has 92 valence electrons. The van der Waals surface area contributed by atoms with Crippen LogP contribution in [0.25, 0.3) is 0 Å². The normalized spacial score (nSPS) is 11.8. The second kappa shape index (κ2) is 5.89. The van der Waals surface area contributed by atoms with Crippen molar-refractivity contribution < 1.29 is 24.5 Å². The fourth-order valence-corrected chi connectivity index (χ4v) is 1.49. The molecule has 0 aliphatic rings. The Bertz CT molecular complexity index is 396. The van der Waals surface area contributed by atoms with Gasteiger partial charge in [0.25, 0.3) is 0 Å². The van der Waals surface area contributed by atoms with Crippen LogP contribution in [0.4, 0.5) is 0 Å². The van der Waals surface area contributed by atoms with Crippen molar-refractivity contribution in [3.05, 3.63) is 29.8 Å². The first-order chi connectivity index (χ1) is 8.02. The van der Waals surface area contributed by atoms with Gasteiger partial charge in [0, 0.05) is 17.9 Å². The van der Waals surface area contributed by atoms with Crippen LogP contribution in [0, 0.1) is 5.92 Å². The van der Waals surface area contributed by atoms with Crippen LogP contribution in [0.15, 0.2) is 24.3 Å². The van der Waals surface area contributed by atoms with Gasteiger partial charge < -0.3 is 24.5 Å². The number of benzene rings is 1. The van der Waals surface area contributed by atoms with E-state index in [0.717, 1.165) is 0 Å². The number of hydrogen-bond donors (Lipinski definition) is 0. The van der Waals surface area contributed by atoms with E-state index in [1.807, 2.05) is 0 Å². The SMILES string of the molecule is COc1ccc(CC(CC(=O)[O-])C(=O)[O-])cc1. The highest BCUT2D eigenvalue weighted by Crippen LogP contribution is 2.16. The number of carboxylic acid groups (broad SMARTS) is 2. The molecule has 0 bridgehead atoms. The zero-order valence-corrected chi connectivity index (χ0v) is 9.34. The number of hydrogen-bond acceptors (Lipinski definition) is 5. The van der Waals surface area contributed by atoms with E-state index in [-0.39, 0.29) is 6.42 Å². The largest absolute Gasteiger partial charge is 0.550 e. The molecule has 0 amide bonds. The van der Waals surface area contributed by atoms with Crippen LogP contribution in [-0.2, 0) is 16.0 Å². The smallest absolute Gasteiger partial charge is 0.118 e. The molecule has 5 nitrogen and oxygen atoms in total. The standard InChI is InChI=1S/C12H14O5/c1-17-10-4-2-8(3-5-10)6-9(12(15)16)7-11(13)14/h2-5,9H,6-7H2,1H3,(H,13,14)(H,15,16)/p-2. The van der Waals surface area contributed by atoms with Gasteiger partial charge in [0.15, 0.2) is 0 Å². The topological polar surface area (TPSA) is 89.5 Å². The number of carbonyl (C=O) groups is 2. The number of aliphatic carboxylic acids is 2. The Labute approximate surface area is 98.6 Å². The van der Waals surface area contributed by atoms with Crippen LogP contribution in [0.1, 0.15) is 12.0 Å². The molecule has 0 N–H and O–H groups in total. The summed E-state index contributed by atoms with van der Waals surface area (Å²) in [4.78, 5) is 21.1. The van der Waals surface area contributed by atoms with Crippen molar-refractivity contribution in [2.75, 3.05) is 7.11 Å². The summed E-state index contributed by atoms with van der Waals surface area (Å²) >= 11 is 0. The van der Waals surface area contributed by atoms with Crippen LogP contribution < -0.4 is 14.9 Å². The number of ether oxygens (including phenoxy) is 1. The van der Waals surface area contributed by atoms with Crippen LogP contribution in [-0.4, -0.2) is 19.0 Å². The molecule has 1 atom stereocenters. The molecule has 1 unspecified atom stereocenters. The maximum absolute atomic E-state index is 10.7. The summed E-state index contributed by atoms with van der Waals surface area (Å²) < 4.78 is 4.95. The third-order valence-electron chi connectivity index (χ3n) is 2.39. The molecule has 0 aliphatic heterocycles. The van der Waals surface area contributed by atoms with Crippen molar-refractivity contribution in [3.8, 4) is 5.75 Å². The lowest BCUT2D eigenvalue weighted by atomic mass is 9.96. The second-order valence-electron chi connectivity index (χ2n) is 3.64. The Hall–Kier alpha value is -2.04. The first-order valence-corrected chi connectivity index (χ1v) is 5.06. The van der Waals surface area contributed by atoms with Crippen molar-refractivity contribution >= 4 is 11.9 Å². The molecular weight excluding hydrogens is 224 g/mol. The molecule has 17 heavy (non-hydrogen) atoms. The molecule has 1 rings (SSSR count). The highest BCUT2D eigenvalue weighted by Gasteiger charge is 2.11. The van der Waals surface area contributed by atoms with Gasteiger partial charge >= 0.3 is 0 Å². The molecule has 0 saturated heterocycles. The van der Waals surface area contributed by atoms with E-state index >= 15 is 0 Å². The predicted molar refractivity (Wildman–Crippen MR) is 54.8 cm³/mol. The average Bonchev–Trinajstić information content (AvgIpc) is 2.28. The molecule has 5 heteroatoms. The molecular formula is C12H12O5-2. The zero-order chi connectivity index (χ0) is 12.8. The predicted octanol–water partition coefficient (Wildman–Crippen LogP) is -1.26. The Kier molecular flexibility index (Phi) is 4.51. The third-order valence-corrected chi connectivity index (χ3v) is 2.39. The molecule has 1 aromatic carbocycles. The van der Waals surface area contributed by atoms with E-state index in [2.05, 4.69) is 0 Å². The minimum Gasteiger partial charge on any atom is -0.550 e. The quantitative estimate of drug-likeness (QED) is 0.615. The Balaban J connectivity index is 2.71. The van der Waals surface area contributed by atoms with Gasteiger partial charge in [-0.3, -0.25) is 0 Å². The van der Waals surface area contributed by atoms with Gasteiger partial charge in [-0.1, -0.05) is 12.1 Å². The van der Waals surface area contributed by atoms with Gasteiger partial charge in [-0.25, -0.2) is 0 Å². The first-order valence-electron chi connectivity index (χ1n) is 5.06. The molecule has 0 spiro atoms. The lowest BCUT2D eigenvalue weighted by Gasteiger charge is -2.18. The number of rotatable bonds is 6. The lowest BCUT2D eigenvalue weighted by Crippen LogP contribution is -2.37. The molecule has 0 radical (unpaired) electrons. The molecule has 0 aliphatic carbocycles. The molecule has 0 fully saturated rings. The van der Waals surface area contributed by atoms with E-state index in [0.29, 0.717) is 11.3 Å². The fourth-order valence-electron chi connectivity index (χ4n) is 1.49. The van der Waals surface area contributed by atoms with Gasteiger partial charge in [-0.2, -0.15) is 0 Å². The van der Waals surface area contributed by atoms with Crippen molar-refractivity contribution in [2.45, 2.75) is 12.8 Å². The van der Waals surface area contributed by atoms with Crippen molar-refractivity contribution in [3.63, 3.8) is 0 Å². The fraction of sp³-hybridized carbons (Fsp3) is 0.333. The van der Waals surface area contributed by atoms with Crippen LogP contribution in [0.2, 0.25) is 0 Å². The summed E-state index contributed by atoms with van der Waals surface area (Å²) in [6.07, 6.45) is -0.450. The van der Waals surface area contributed by atoms with Crippen molar-refractivity contribution in [2.24, 2.45) is 5.92 Å². The molecule has 1 aromatic rings. The monoisotopic (exact) mass is 236 g/mol. The van der Waals surface area contributed by atoms with E-state index in [4.69, 9.17) is 4.74 Å². The summed E-state index contributed by atoms with van der Waals surface area (Å²) in [6.45, 7) is 0. The number of methoxy groups -OCH3 is 1. The maximum Gasteiger partial charge on any atom is 0.118 e. The van der Waals surface area contributed by atoms with E-state index in [1.165, 1.54) is 7.11 Å². The average molecular weight is 236 g/mol.